The van der Waals surface area contributed by atoms with E-state index in [4.69, 9.17) is 4.74 Å². The first-order chi connectivity index (χ1) is 18.1. The lowest BCUT2D eigenvalue weighted by Gasteiger charge is -2.36. The molecule has 206 valence electrons. The van der Waals surface area contributed by atoms with Gasteiger partial charge in [0.25, 0.3) is 5.91 Å². The molecular formula is C31H44N4O3. The number of hydrogen-bond donors (Lipinski definition) is 1. The van der Waals surface area contributed by atoms with Crippen molar-refractivity contribution < 1.29 is 14.3 Å². The minimum Gasteiger partial charge on any atom is -0.478 e. The fourth-order valence-electron chi connectivity index (χ4n) is 5.42. The number of hydrogen-bond acceptors (Lipinski definition) is 5. The summed E-state index contributed by atoms with van der Waals surface area (Å²) in [5.74, 6) is 1.33. The summed E-state index contributed by atoms with van der Waals surface area (Å²) in [4.78, 5) is 32.5. The molecule has 2 saturated heterocycles. The Hall–Kier alpha value is -3.06. The Morgan fingerprint density at radius 2 is 1.79 bits per heavy atom. The van der Waals surface area contributed by atoms with Crippen LogP contribution in [0.1, 0.15) is 57.6 Å². The highest BCUT2D eigenvalue weighted by atomic mass is 16.5. The van der Waals surface area contributed by atoms with Crippen LogP contribution in [0.4, 0.5) is 5.69 Å². The van der Waals surface area contributed by atoms with Gasteiger partial charge in [0.05, 0.1) is 5.92 Å². The minimum atomic E-state index is -0.952. The number of carbonyl (C=O) groups excluding carboxylic acids is 2. The second-order valence-electron chi connectivity index (χ2n) is 11.5. The van der Waals surface area contributed by atoms with E-state index in [0.29, 0.717) is 37.8 Å². The average Bonchev–Trinajstić information content (AvgIpc) is 2.93. The number of ether oxygens (including phenoxy) is 1. The summed E-state index contributed by atoms with van der Waals surface area (Å²) in [6.07, 6.45) is 1.86. The first kappa shape index (κ1) is 28.0. The Morgan fingerprint density at radius 1 is 1.08 bits per heavy atom. The van der Waals surface area contributed by atoms with Gasteiger partial charge in [-0.3, -0.25) is 9.59 Å². The van der Waals surface area contributed by atoms with Crippen molar-refractivity contribution in [1.82, 2.24) is 15.1 Å². The molecule has 7 nitrogen and oxygen atoms in total. The largest absolute Gasteiger partial charge is 0.478 e. The zero-order valence-corrected chi connectivity index (χ0v) is 23.7. The van der Waals surface area contributed by atoms with Crippen LogP contribution in [0.2, 0.25) is 0 Å². The van der Waals surface area contributed by atoms with Gasteiger partial charge in [0.2, 0.25) is 5.91 Å². The first-order valence-electron chi connectivity index (χ1n) is 14.0. The van der Waals surface area contributed by atoms with Crippen LogP contribution < -0.4 is 15.0 Å². The molecule has 0 aliphatic carbocycles. The fraction of sp³-hybridized carbons (Fsp3) is 0.548. The Bertz CT molecular complexity index is 1090. The second kappa shape index (κ2) is 12.2. The number of benzene rings is 2. The molecule has 1 atom stereocenters. The molecule has 2 aromatic carbocycles. The first-order valence-corrected chi connectivity index (χ1v) is 14.0. The molecule has 0 spiro atoms. The molecule has 0 bridgehead atoms. The zero-order valence-electron chi connectivity index (χ0n) is 23.7. The Labute approximate surface area is 228 Å². The highest BCUT2D eigenvalue weighted by Crippen LogP contribution is 2.29. The fourth-order valence-corrected chi connectivity index (χ4v) is 5.42. The summed E-state index contributed by atoms with van der Waals surface area (Å²) in [5.41, 5.74) is 2.54. The van der Waals surface area contributed by atoms with Crippen molar-refractivity contribution in [3.8, 4) is 5.75 Å². The summed E-state index contributed by atoms with van der Waals surface area (Å²) >= 11 is 0. The van der Waals surface area contributed by atoms with Crippen molar-refractivity contribution >= 4 is 17.5 Å². The number of amides is 2. The highest BCUT2D eigenvalue weighted by molar-refractivity contribution is 5.85. The molecule has 2 heterocycles. The van der Waals surface area contributed by atoms with Gasteiger partial charge in [-0.2, -0.15) is 0 Å². The standard InChI is InChI=1S/C31H44N4O3/c1-23(2)25-13-11-24(12-14-25)21-33(5)29(36)26-8-7-17-35(22-26)27-9-6-10-28(20-27)38-31(3,4)30(37)34-18-15-32-16-19-34/h6,9-14,20,23,26,32H,7-8,15-19,21-22H2,1-5H3. The second-order valence-corrected chi connectivity index (χ2v) is 11.5. The third-order valence-corrected chi connectivity index (χ3v) is 7.69. The van der Waals surface area contributed by atoms with E-state index >= 15 is 0 Å². The number of anilines is 1. The topological polar surface area (TPSA) is 65.1 Å². The summed E-state index contributed by atoms with van der Waals surface area (Å²) in [5, 5.41) is 3.28. The van der Waals surface area contributed by atoms with E-state index in [9.17, 15) is 9.59 Å². The number of piperidine rings is 1. The molecule has 38 heavy (non-hydrogen) atoms. The number of carbonyl (C=O) groups is 2. The minimum absolute atomic E-state index is 0.00918. The molecule has 2 fully saturated rings. The van der Waals surface area contributed by atoms with Gasteiger partial charge < -0.3 is 24.8 Å². The molecule has 0 saturated carbocycles. The third kappa shape index (κ3) is 6.87. The van der Waals surface area contributed by atoms with Crippen molar-refractivity contribution in [3.63, 3.8) is 0 Å². The van der Waals surface area contributed by atoms with Crippen LogP contribution >= 0.6 is 0 Å². The quantitative estimate of drug-likeness (QED) is 0.563. The van der Waals surface area contributed by atoms with E-state index in [0.717, 1.165) is 43.7 Å². The lowest BCUT2D eigenvalue weighted by atomic mass is 9.95. The summed E-state index contributed by atoms with van der Waals surface area (Å²) in [7, 11) is 1.91. The molecule has 1 N–H and O–H groups in total. The van der Waals surface area contributed by atoms with E-state index in [1.807, 2.05) is 48.9 Å². The van der Waals surface area contributed by atoms with E-state index in [1.165, 1.54) is 5.56 Å². The Morgan fingerprint density at radius 3 is 2.47 bits per heavy atom. The van der Waals surface area contributed by atoms with Crippen molar-refractivity contribution in [1.29, 1.82) is 0 Å². The molecule has 2 amide bonds. The maximum atomic E-state index is 13.4. The van der Waals surface area contributed by atoms with Gasteiger partial charge >= 0.3 is 0 Å². The lowest BCUT2D eigenvalue weighted by Crippen LogP contribution is -2.54. The summed E-state index contributed by atoms with van der Waals surface area (Å²) < 4.78 is 6.24. The van der Waals surface area contributed by atoms with Crippen LogP contribution in [0, 0.1) is 5.92 Å². The van der Waals surface area contributed by atoms with Crippen LogP contribution in [0.3, 0.4) is 0 Å². The van der Waals surface area contributed by atoms with E-state index < -0.39 is 5.60 Å². The van der Waals surface area contributed by atoms with E-state index in [-0.39, 0.29) is 17.7 Å². The van der Waals surface area contributed by atoms with Crippen molar-refractivity contribution in [3.05, 3.63) is 59.7 Å². The maximum absolute atomic E-state index is 13.4. The van der Waals surface area contributed by atoms with Gasteiger partial charge in [-0.1, -0.05) is 44.2 Å². The summed E-state index contributed by atoms with van der Waals surface area (Å²) in [6, 6.07) is 16.5. The molecule has 0 aromatic heterocycles. The smallest absolute Gasteiger partial charge is 0.266 e. The SMILES string of the molecule is CC(C)c1ccc(CN(C)C(=O)C2CCCN(c3cccc(OC(C)(C)C(=O)N4CCNCC4)c3)C2)cc1. The van der Waals surface area contributed by atoms with Crippen molar-refractivity contribution in [2.24, 2.45) is 5.92 Å². The Balaban J connectivity index is 1.37. The summed E-state index contributed by atoms with van der Waals surface area (Å²) in [6.45, 7) is 13.3. The normalized spacial score (nSPS) is 18.4. The van der Waals surface area contributed by atoms with Crippen LogP contribution in [0.5, 0.6) is 5.75 Å². The third-order valence-electron chi connectivity index (χ3n) is 7.69. The number of rotatable bonds is 8. The highest BCUT2D eigenvalue weighted by Gasteiger charge is 2.35. The number of nitrogens with one attached hydrogen (secondary N) is 1. The van der Waals surface area contributed by atoms with Crippen LogP contribution in [0.15, 0.2) is 48.5 Å². The van der Waals surface area contributed by atoms with Crippen molar-refractivity contribution in [2.45, 2.75) is 58.6 Å². The molecule has 2 aliphatic rings. The van der Waals surface area contributed by atoms with E-state index in [1.54, 1.807) is 0 Å². The predicted molar refractivity (Wildman–Crippen MR) is 153 cm³/mol. The molecule has 7 heteroatoms. The molecule has 2 aromatic rings. The Kier molecular flexibility index (Phi) is 8.98. The van der Waals surface area contributed by atoms with Gasteiger partial charge in [0.15, 0.2) is 5.60 Å². The monoisotopic (exact) mass is 520 g/mol. The van der Waals surface area contributed by atoms with Crippen molar-refractivity contribution in [2.75, 3.05) is 51.2 Å². The molecule has 0 radical (unpaired) electrons. The zero-order chi connectivity index (χ0) is 27.3. The average molecular weight is 521 g/mol. The molecule has 1 unspecified atom stereocenters. The maximum Gasteiger partial charge on any atom is 0.266 e. The van der Waals surface area contributed by atoms with Crippen LogP contribution in [-0.4, -0.2) is 73.5 Å². The molecule has 2 aliphatic heterocycles. The number of nitrogens with zero attached hydrogens (tertiary/aromatic N) is 3. The van der Waals surface area contributed by atoms with E-state index in [2.05, 4.69) is 54.4 Å². The molecular weight excluding hydrogens is 476 g/mol. The molecule has 4 rings (SSSR count). The predicted octanol–water partition coefficient (Wildman–Crippen LogP) is 4.27. The van der Waals surface area contributed by atoms with Gasteiger partial charge in [0, 0.05) is 64.6 Å². The van der Waals surface area contributed by atoms with Crippen LogP contribution in [0.25, 0.3) is 0 Å². The van der Waals surface area contributed by atoms with Gasteiger partial charge in [0.1, 0.15) is 5.75 Å². The lowest BCUT2D eigenvalue weighted by molar-refractivity contribution is -0.146. The van der Waals surface area contributed by atoms with Gasteiger partial charge in [-0.15, -0.1) is 0 Å². The number of piperazine rings is 1. The van der Waals surface area contributed by atoms with Crippen LogP contribution in [-0.2, 0) is 16.1 Å². The van der Waals surface area contributed by atoms with Gasteiger partial charge in [-0.05, 0) is 55.9 Å². The van der Waals surface area contributed by atoms with Gasteiger partial charge in [-0.25, -0.2) is 0 Å².